The van der Waals surface area contributed by atoms with Gasteiger partial charge in [0, 0.05) is 37.7 Å². The SMILES string of the molecule is Cn1c2c(c(=O)n(C)c1=O)C(c1ccc(C#N)cc1)C1=C(CCCC1=O)N2. The molecule has 0 bridgehead atoms. The van der Waals surface area contributed by atoms with E-state index in [1.54, 1.807) is 31.3 Å². The van der Waals surface area contributed by atoms with E-state index >= 15 is 0 Å². The summed E-state index contributed by atoms with van der Waals surface area (Å²) in [5.41, 5.74) is 2.18. The second kappa shape index (κ2) is 6.09. The van der Waals surface area contributed by atoms with Crippen LogP contribution in [0, 0.1) is 11.3 Å². The fourth-order valence-corrected chi connectivity index (χ4v) is 3.98. The summed E-state index contributed by atoms with van der Waals surface area (Å²) in [6, 6.07) is 8.98. The molecule has 1 aromatic heterocycles. The first kappa shape index (κ1) is 17.0. The van der Waals surface area contributed by atoms with Crippen LogP contribution >= 0.6 is 0 Å². The zero-order chi connectivity index (χ0) is 19.3. The van der Waals surface area contributed by atoms with E-state index in [0.29, 0.717) is 35.4 Å². The molecular formula is C20H18N4O3. The molecule has 0 saturated heterocycles. The van der Waals surface area contributed by atoms with Gasteiger partial charge in [-0.25, -0.2) is 4.79 Å². The van der Waals surface area contributed by atoms with E-state index in [4.69, 9.17) is 5.26 Å². The number of Topliss-reactive ketones (excluding diaryl/α,β-unsaturated/α-hetero) is 1. The van der Waals surface area contributed by atoms with Gasteiger partial charge < -0.3 is 5.32 Å². The molecule has 1 atom stereocenters. The summed E-state index contributed by atoms with van der Waals surface area (Å²) < 4.78 is 2.48. The van der Waals surface area contributed by atoms with E-state index in [9.17, 15) is 14.4 Å². The third-order valence-electron chi connectivity index (χ3n) is 5.38. The average Bonchev–Trinajstić information content (AvgIpc) is 2.69. The molecule has 7 heteroatoms. The molecule has 0 radical (unpaired) electrons. The van der Waals surface area contributed by atoms with Crippen molar-refractivity contribution >= 4 is 11.6 Å². The number of nitrogens with zero attached hydrogens (tertiary/aromatic N) is 3. The summed E-state index contributed by atoms with van der Waals surface area (Å²) in [5.74, 6) is -0.104. The number of fused-ring (bicyclic) bond motifs is 1. The van der Waals surface area contributed by atoms with E-state index < -0.39 is 17.2 Å². The molecule has 7 nitrogen and oxygen atoms in total. The van der Waals surface area contributed by atoms with Crippen LogP contribution in [0.3, 0.4) is 0 Å². The Kier molecular flexibility index (Phi) is 3.84. The molecule has 0 saturated carbocycles. The lowest BCUT2D eigenvalue weighted by molar-refractivity contribution is -0.116. The van der Waals surface area contributed by atoms with Gasteiger partial charge in [0.1, 0.15) is 5.82 Å². The maximum atomic E-state index is 13.0. The summed E-state index contributed by atoms with van der Waals surface area (Å²) in [5, 5.41) is 12.2. The number of allylic oxidation sites excluding steroid dienone is 2. The van der Waals surface area contributed by atoms with Crippen molar-refractivity contribution in [3.63, 3.8) is 0 Å². The third kappa shape index (κ3) is 2.45. The molecule has 1 N–H and O–H groups in total. The Morgan fingerprint density at radius 1 is 1.07 bits per heavy atom. The van der Waals surface area contributed by atoms with Crippen LogP contribution in [-0.2, 0) is 18.9 Å². The first-order chi connectivity index (χ1) is 12.9. The predicted octanol–water partition coefficient (Wildman–Crippen LogP) is 1.52. The number of ketones is 1. The zero-order valence-electron chi connectivity index (χ0n) is 15.1. The lowest BCUT2D eigenvalue weighted by atomic mass is 9.76. The van der Waals surface area contributed by atoms with Gasteiger partial charge in [0.25, 0.3) is 5.56 Å². The van der Waals surface area contributed by atoms with Crippen molar-refractivity contribution in [1.82, 2.24) is 9.13 Å². The fraction of sp³-hybridized carbons (Fsp3) is 0.300. The normalized spacial score (nSPS) is 18.4. The summed E-state index contributed by atoms with van der Waals surface area (Å²) >= 11 is 0. The Labute approximate surface area is 155 Å². The summed E-state index contributed by atoms with van der Waals surface area (Å²) in [7, 11) is 3.05. The van der Waals surface area contributed by atoms with Gasteiger partial charge >= 0.3 is 5.69 Å². The highest BCUT2D eigenvalue weighted by atomic mass is 16.2. The molecule has 0 amide bonds. The van der Waals surface area contributed by atoms with Crippen LogP contribution in [0.15, 0.2) is 45.1 Å². The van der Waals surface area contributed by atoms with E-state index in [-0.39, 0.29) is 5.78 Å². The summed E-state index contributed by atoms with van der Waals surface area (Å²) in [4.78, 5) is 38.1. The number of aromatic nitrogens is 2. The molecule has 1 aliphatic heterocycles. The number of carbonyl (C=O) groups excluding carboxylic acids is 1. The van der Waals surface area contributed by atoms with Crippen molar-refractivity contribution < 1.29 is 4.79 Å². The topological polar surface area (TPSA) is 96.9 Å². The lowest BCUT2D eigenvalue weighted by Crippen LogP contribution is -2.44. The second-order valence-corrected chi connectivity index (χ2v) is 6.93. The van der Waals surface area contributed by atoms with Gasteiger partial charge in [-0.2, -0.15) is 5.26 Å². The van der Waals surface area contributed by atoms with E-state index in [0.717, 1.165) is 22.2 Å². The average molecular weight is 362 g/mol. The fourth-order valence-electron chi connectivity index (χ4n) is 3.98. The minimum atomic E-state index is -0.553. The number of nitriles is 1. The molecule has 0 fully saturated rings. The maximum Gasteiger partial charge on any atom is 0.332 e. The summed E-state index contributed by atoms with van der Waals surface area (Å²) in [6.45, 7) is 0. The first-order valence-corrected chi connectivity index (χ1v) is 8.77. The Bertz CT molecular complexity index is 1160. The van der Waals surface area contributed by atoms with Crippen LogP contribution in [0.2, 0.25) is 0 Å². The van der Waals surface area contributed by atoms with E-state index in [2.05, 4.69) is 11.4 Å². The largest absolute Gasteiger partial charge is 0.344 e. The Hall–Kier alpha value is -3.40. The zero-order valence-corrected chi connectivity index (χ0v) is 15.1. The molecule has 2 aromatic rings. The van der Waals surface area contributed by atoms with Crippen molar-refractivity contribution in [3.05, 3.63) is 73.1 Å². The third-order valence-corrected chi connectivity index (χ3v) is 5.38. The number of carbonyl (C=O) groups is 1. The first-order valence-electron chi connectivity index (χ1n) is 8.77. The minimum absolute atomic E-state index is 0.0136. The van der Waals surface area contributed by atoms with Crippen LogP contribution in [0.25, 0.3) is 0 Å². The molecule has 1 unspecified atom stereocenters. The highest BCUT2D eigenvalue weighted by Crippen LogP contribution is 2.43. The Morgan fingerprint density at radius 3 is 2.44 bits per heavy atom. The predicted molar refractivity (Wildman–Crippen MR) is 99.4 cm³/mol. The van der Waals surface area contributed by atoms with Crippen molar-refractivity contribution in [2.24, 2.45) is 14.1 Å². The van der Waals surface area contributed by atoms with Crippen LogP contribution < -0.4 is 16.6 Å². The van der Waals surface area contributed by atoms with Gasteiger partial charge in [0.2, 0.25) is 0 Å². The lowest BCUT2D eigenvalue weighted by Gasteiger charge is -2.34. The molecule has 2 aliphatic rings. The molecular weight excluding hydrogens is 344 g/mol. The van der Waals surface area contributed by atoms with Gasteiger partial charge in [-0.3, -0.25) is 18.7 Å². The monoisotopic (exact) mass is 362 g/mol. The molecule has 27 heavy (non-hydrogen) atoms. The standard InChI is InChI=1S/C20H18N4O3/c1-23-18-17(19(26)24(2)20(23)27)15(12-8-6-11(10-21)7-9-12)16-13(22-18)4-3-5-14(16)25/h6-9,15,22H,3-5H2,1-2H3. The van der Waals surface area contributed by atoms with E-state index in [1.165, 1.54) is 11.6 Å². The number of nitrogens with one attached hydrogen (secondary N) is 1. The van der Waals surface area contributed by atoms with Crippen LogP contribution in [0.4, 0.5) is 5.82 Å². The number of rotatable bonds is 1. The number of hydrogen-bond acceptors (Lipinski definition) is 5. The van der Waals surface area contributed by atoms with Crippen LogP contribution in [-0.4, -0.2) is 14.9 Å². The summed E-state index contributed by atoms with van der Waals surface area (Å²) in [6.07, 6.45) is 1.87. The molecule has 4 rings (SSSR count). The Balaban J connectivity index is 2.06. The minimum Gasteiger partial charge on any atom is -0.344 e. The van der Waals surface area contributed by atoms with Crippen LogP contribution in [0.1, 0.15) is 41.9 Å². The van der Waals surface area contributed by atoms with Gasteiger partial charge in [-0.05, 0) is 30.5 Å². The van der Waals surface area contributed by atoms with Crippen molar-refractivity contribution in [1.29, 1.82) is 5.26 Å². The number of hydrogen-bond donors (Lipinski definition) is 1. The molecule has 136 valence electrons. The van der Waals surface area contributed by atoms with Crippen molar-refractivity contribution in [2.75, 3.05) is 5.32 Å². The molecule has 1 aromatic carbocycles. The highest BCUT2D eigenvalue weighted by Gasteiger charge is 2.38. The quantitative estimate of drug-likeness (QED) is 0.830. The van der Waals surface area contributed by atoms with Crippen LogP contribution in [0.5, 0.6) is 0 Å². The molecule has 1 aliphatic carbocycles. The van der Waals surface area contributed by atoms with Gasteiger partial charge in [-0.1, -0.05) is 12.1 Å². The number of benzene rings is 1. The van der Waals surface area contributed by atoms with Crippen molar-refractivity contribution in [2.45, 2.75) is 25.2 Å². The molecule has 2 heterocycles. The second-order valence-electron chi connectivity index (χ2n) is 6.93. The highest BCUT2D eigenvalue weighted by molar-refractivity contribution is 6.00. The van der Waals surface area contributed by atoms with Gasteiger partial charge in [-0.15, -0.1) is 0 Å². The molecule has 0 spiro atoms. The van der Waals surface area contributed by atoms with Gasteiger partial charge in [0.15, 0.2) is 5.78 Å². The number of anilines is 1. The van der Waals surface area contributed by atoms with E-state index in [1.807, 2.05) is 0 Å². The Morgan fingerprint density at radius 2 is 1.78 bits per heavy atom. The van der Waals surface area contributed by atoms with Gasteiger partial charge in [0.05, 0.1) is 17.2 Å². The van der Waals surface area contributed by atoms with Crippen molar-refractivity contribution in [3.8, 4) is 6.07 Å². The maximum absolute atomic E-state index is 13.0. The smallest absolute Gasteiger partial charge is 0.332 e.